The minimum absolute atomic E-state index is 0.0957. The molecular weight excluding hydrogens is 379 g/mol. The van der Waals surface area contributed by atoms with Crippen molar-refractivity contribution in [2.24, 2.45) is 0 Å². The van der Waals surface area contributed by atoms with E-state index in [-0.39, 0.29) is 34.0 Å². The number of hydrogen-bond acceptors (Lipinski definition) is 4. The number of nitrogens with zero attached hydrogens (tertiary/aromatic N) is 1. The lowest BCUT2D eigenvalue weighted by Crippen LogP contribution is -2.26. The van der Waals surface area contributed by atoms with Crippen molar-refractivity contribution in [1.82, 2.24) is 15.3 Å². The Morgan fingerprint density at radius 1 is 1.36 bits per heavy atom. The number of halogens is 4. The number of rotatable bonds is 6. The van der Waals surface area contributed by atoms with Crippen molar-refractivity contribution >= 4 is 35.1 Å². The topological polar surface area (TPSA) is 74.8 Å². The number of ketones is 1. The highest BCUT2D eigenvalue weighted by Gasteiger charge is 2.31. The van der Waals surface area contributed by atoms with E-state index in [4.69, 9.17) is 11.6 Å². The van der Waals surface area contributed by atoms with Gasteiger partial charge < -0.3 is 10.3 Å². The number of carbonyl (C=O) groups is 2. The number of carbonyl (C=O) groups excluding carboxylic acids is 2. The summed E-state index contributed by atoms with van der Waals surface area (Å²) in [6, 6.07) is 2.26. The number of amides is 1. The van der Waals surface area contributed by atoms with E-state index >= 15 is 0 Å². The Morgan fingerprint density at radius 2 is 2.08 bits per heavy atom. The molecule has 0 unspecified atom stereocenters. The third-order valence-corrected chi connectivity index (χ3v) is 4.50. The summed E-state index contributed by atoms with van der Waals surface area (Å²) in [5.41, 5.74) is -0.260. The number of hydrogen-bond donors (Lipinski definition) is 2. The molecule has 0 aliphatic rings. The highest BCUT2D eigenvalue weighted by molar-refractivity contribution is 7.99. The molecule has 2 aromatic heterocycles. The highest BCUT2D eigenvalue weighted by Crippen LogP contribution is 2.33. The fourth-order valence-electron chi connectivity index (χ4n) is 1.82. The van der Waals surface area contributed by atoms with Crippen LogP contribution in [0.3, 0.4) is 0 Å². The molecule has 0 aliphatic carbocycles. The summed E-state index contributed by atoms with van der Waals surface area (Å²) in [6.45, 7) is 1.64. The zero-order valence-electron chi connectivity index (χ0n) is 12.9. The minimum Gasteiger partial charge on any atom is -0.356 e. The van der Waals surface area contributed by atoms with Crippen molar-refractivity contribution < 1.29 is 22.8 Å². The van der Waals surface area contributed by atoms with Gasteiger partial charge in [0.25, 0.3) is 5.91 Å². The van der Waals surface area contributed by atoms with Crippen molar-refractivity contribution in [3.63, 3.8) is 0 Å². The van der Waals surface area contributed by atoms with Gasteiger partial charge in [0.15, 0.2) is 5.78 Å². The first kappa shape index (κ1) is 19.3. The third kappa shape index (κ3) is 5.23. The van der Waals surface area contributed by atoms with Gasteiger partial charge in [-0.05, 0) is 19.1 Å². The van der Waals surface area contributed by atoms with Crippen molar-refractivity contribution in [3.05, 3.63) is 46.4 Å². The Balaban J connectivity index is 1.84. The predicted octanol–water partition coefficient (Wildman–Crippen LogP) is 3.81. The Labute approximate surface area is 150 Å². The summed E-state index contributed by atoms with van der Waals surface area (Å²) in [6.07, 6.45) is -2.34. The second-order valence-corrected chi connectivity index (χ2v) is 6.46. The first-order valence-corrected chi connectivity index (χ1v) is 8.38. The zero-order valence-corrected chi connectivity index (χ0v) is 14.5. The average molecular weight is 392 g/mol. The molecule has 5 nitrogen and oxygen atoms in total. The maximum Gasteiger partial charge on any atom is 0.417 e. The van der Waals surface area contributed by atoms with Gasteiger partial charge in [-0.3, -0.25) is 9.59 Å². The van der Waals surface area contributed by atoms with E-state index in [1.807, 2.05) is 0 Å². The van der Waals surface area contributed by atoms with E-state index in [0.717, 1.165) is 24.0 Å². The van der Waals surface area contributed by atoms with Crippen LogP contribution in [0.2, 0.25) is 5.02 Å². The van der Waals surface area contributed by atoms with Gasteiger partial charge in [-0.15, -0.1) is 11.8 Å². The molecule has 0 radical (unpaired) electrons. The Kier molecular flexibility index (Phi) is 6.12. The molecule has 1 amide bonds. The fourth-order valence-corrected chi connectivity index (χ4v) is 2.87. The minimum atomic E-state index is -4.50. The number of thioether (sulfide) groups is 1. The quantitative estimate of drug-likeness (QED) is 0.446. The molecule has 10 heteroatoms. The van der Waals surface area contributed by atoms with Crippen molar-refractivity contribution in [3.8, 4) is 0 Å². The smallest absolute Gasteiger partial charge is 0.356 e. The van der Waals surface area contributed by atoms with E-state index in [0.29, 0.717) is 11.3 Å². The van der Waals surface area contributed by atoms with E-state index in [2.05, 4.69) is 15.3 Å². The highest BCUT2D eigenvalue weighted by atomic mass is 35.5. The van der Waals surface area contributed by atoms with Crippen LogP contribution in [0.4, 0.5) is 13.2 Å². The van der Waals surface area contributed by atoms with Crippen LogP contribution in [0.1, 0.15) is 33.3 Å². The Morgan fingerprint density at radius 3 is 2.64 bits per heavy atom. The van der Waals surface area contributed by atoms with Gasteiger partial charge in [-0.25, -0.2) is 4.98 Å². The van der Waals surface area contributed by atoms with Crippen LogP contribution in [0, 0.1) is 0 Å². The van der Waals surface area contributed by atoms with Crippen LogP contribution >= 0.6 is 23.4 Å². The van der Waals surface area contributed by atoms with Gasteiger partial charge in [-0.2, -0.15) is 13.2 Å². The van der Waals surface area contributed by atoms with Crippen LogP contribution in [0.5, 0.6) is 0 Å². The molecule has 0 aromatic carbocycles. The van der Waals surface area contributed by atoms with Crippen LogP contribution in [0.15, 0.2) is 29.6 Å². The molecule has 0 bridgehead atoms. The number of aromatic nitrogens is 2. The first-order chi connectivity index (χ1) is 11.7. The lowest BCUT2D eigenvalue weighted by molar-refractivity contribution is -0.137. The number of nitrogens with one attached hydrogen (secondary N) is 2. The molecule has 134 valence electrons. The molecule has 25 heavy (non-hydrogen) atoms. The summed E-state index contributed by atoms with van der Waals surface area (Å²) in [5, 5.41) is 2.78. The second-order valence-electron chi connectivity index (χ2n) is 4.97. The van der Waals surface area contributed by atoms with E-state index in [9.17, 15) is 22.8 Å². The SMILES string of the molecule is CC(=O)c1c[nH]c(C(=O)NCCSc2ncc(C(F)(F)F)cc2Cl)c1. The average Bonchev–Trinajstić information content (AvgIpc) is 3.01. The monoisotopic (exact) mass is 391 g/mol. The van der Waals surface area contributed by atoms with Gasteiger partial charge in [0.1, 0.15) is 10.7 Å². The largest absolute Gasteiger partial charge is 0.417 e. The number of aromatic amines is 1. The molecule has 0 saturated heterocycles. The molecule has 2 aromatic rings. The summed E-state index contributed by atoms with van der Waals surface area (Å²) in [5.74, 6) is -0.183. The lowest BCUT2D eigenvalue weighted by Gasteiger charge is -2.09. The van der Waals surface area contributed by atoms with Gasteiger partial charge in [0.2, 0.25) is 0 Å². The van der Waals surface area contributed by atoms with Gasteiger partial charge in [0.05, 0.1) is 10.6 Å². The Hall–Kier alpha value is -2.00. The molecule has 0 saturated carbocycles. The number of alkyl halides is 3. The molecule has 2 N–H and O–H groups in total. The lowest BCUT2D eigenvalue weighted by atomic mass is 10.2. The maximum atomic E-state index is 12.5. The molecular formula is C15H13ClF3N3O2S. The molecule has 0 aliphatic heterocycles. The second kappa shape index (κ2) is 7.92. The van der Waals surface area contributed by atoms with Crippen molar-refractivity contribution in [2.75, 3.05) is 12.3 Å². The van der Waals surface area contributed by atoms with Crippen molar-refractivity contribution in [1.29, 1.82) is 0 Å². The van der Waals surface area contributed by atoms with Gasteiger partial charge in [0, 0.05) is 30.3 Å². The van der Waals surface area contributed by atoms with Gasteiger partial charge >= 0.3 is 6.18 Å². The predicted molar refractivity (Wildman–Crippen MR) is 88.1 cm³/mol. The van der Waals surface area contributed by atoms with E-state index < -0.39 is 11.7 Å². The van der Waals surface area contributed by atoms with Crippen LogP contribution in [0.25, 0.3) is 0 Å². The van der Waals surface area contributed by atoms with Crippen molar-refractivity contribution in [2.45, 2.75) is 18.1 Å². The molecule has 0 spiro atoms. The summed E-state index contributed by atoms with van der Waals surface area (Å²) < 4.78 is 37.6. The normalized spacial score (nSPS) is 11.4. The fraction of sp³-hybridized carbons (Fsp3) is 0.267. The van der Waals surface area contributed by atoms with Crippen LogP contribution in [-0.4, -0.2) is 34.0 Å². The number of H-pyrrole nitrogens is 1. The van der Waals surface area contributed by atoms with Crippen LogP contribution in [-0.2, 0) is 6.18 Å². The Bertz CT molecular complexity index is 793. The number of pyridine rings is 1. The molecule has 2 rings (SSSR count). The summed E-state index contributed by atoms with van der Waals surface area (Å²) in [7, 11) is 0. The van der Waals surface area contributed by atoms with Crippen LogP contribution < -0.4 is 5.32 Å². The van der Waals surface area contributed by atoms with E-state index in [1.165, 1.54) is 19.2 Å². The summed E-state index contributed by atoms with van der Waals surface area (Å²) >= 11 is 6.92. The third-order valence-electron chi connectivity index (χ3n) is 3.10. The standard InChI is InChI=1S/C15H13ClF3N3O2S/c1-8(23)9-4-12(21-6-9)13(24)20-2-3-25-14-11(16)5-10(7-22-14)15(17,18)19/h4-7,21H,2-3H2,1H3,(H,20,24). The zero-order chi connectivity index (χ0) is 18.6. The van der Waals surface area contributed by atoms with Gasteiger partial charge in [-0.1, -0.05) is 11.6 Å². The number of Topliss-reactive ketones (excluding diaryl/α,β-unsaturated/α-hetero) is 1. The molecule has 2 heterocycles. The maximum absolute atomic E-state index is 12.5. The van der Waals surface area contributed by atoms with E-state index in [1.54, 1.807) is 0 Å². The molecule has 0 atom stereocenters. The molecule has 0 fully saturated rings. The first-order valence-electron chi connectivity index (χ1n) is 7.01. The summed E-state index contributed by atoms with van der Waals surface area (Å²) in [4.78, 5) is 29.4.